The molecular formula is C10H15Br3Mo-. The molecule has 0 unspecified atom stereocenters. The van der Waals surface area contributed by atoms with Crippen LogP contribution in [0.25, 0.3) is 0 Å². The normalized spacial score (nSPS) is 10.1. The van der Waals surface area contributed by atoms with E-state index in [2.05, 4.69) is 74.5 Å². The first-order valence-corrected chi connectivity index (χ1v) is 18.0. The Morgan fingerprint density at radius 3 is 1.14 bits per heavy atom. The van der Waals surface area contributed by atoms with Crippen molar-refractivity contribution < 1.29 is 11.1 Å². The maximum atomic E-state index is 3.27. The number of halogens is 3. The molecule has 0 aromatic heterocycles. The summed E-state index contributed by atoms with van der Waals surface area (Å²) in [5.74, 6) is 0. The van der Waals surface area contributed by atoms with Crippen molar-refractivity contribution >= 4 is 39.9 Å². The molecule has 0 N–H and O–H groups in total. The number of hydrogen-bond donors (Lipinski definition) is 0. The second-order valence-corrected chi connectivity index (χ2v) is 31.1. The molecule has 0 amide bonds. The fraction of sp³-hybridized carbons (Fsp3) is 0.500. The monoisotopic (exact) mass is 470 g/mol. The van der Waals surface area contributed by atoms with Crippen molar-refractivity contribution in [3.8, 4) is 0 Å². The van der Waals surface area contributed by atoms with E-state index in [-0.39, 0.29) is 0 Å². The van der Waals surface area contributed by atoms with Gasteiger partial charge in [0.2, 0.25) is 0 Å². The Bertz CT molecular complexity index is 220. The van der Waals surface area contributed by atoms with Gasteiger partial charge in [0, 0.05) is 0 Å². The van der Waals surface area contributed by atoms with Crippen LogP contribution in [0.4, 0.5) is 0 Å². The predicted molar refractivity (Wildman–Crippen MR) is 72.5 cm³/mol. The van der Waals surface area contributed by atoms with Crippen molar-refractivity contribution in [1.29, 1.82) is 0 Å². The molecule has 0 saturated carbocycles. The molecule has 0 radical (unpaired) electrons. The van der Waals surface area contributed by atoms with Crippen molar-refractivity contribution in [2.75, 3.05) is 0 Å². The summed E-state index contributed by atoms with van der Waals surface area (Å²) in [5, 5.41) is 0. The Hall–Kier alpha value is 1.48. The molecule has 1 aromatic rings. The molecule has 0 atom stereocenters. The summed E-state index contributed by atoms with van der Waals surface area (Å²) in [6.07, 6.45) is 0. The Kier molecular flexibility index (Phi) is 7.66. The molecule has 0 saturated heterocycles. The summed E-state index contributed by atoms with van der Waals surface area (Å²) in [7, 11) is 0. The van der Waals surface area contributed by atoms with Gasteiger partial charge in [0.25, 0.3) is 0 Å². The van der Waals surface area contributed by atoms with Gasteiger partial charge in [-0.25, -0.2) is 0 Å². The van der Waals surface area contributed by atoms with Crippen LogP contribution in [0.2, 0.25) is 0 Å². The third-order valence-corrected chi connectivity index (χ3v) is 2.81. The second-order valence-electron chi connectivity index (χ2n) is 3.30. The summed E-state index contributed by atoms with van der Waals surface area (Å²) in [4.78, 5) is 0. The summed E-state index contributed by atoms with van der Waals surface area (Å²) >= 11 is 8.90. The molecule has 0 nitrogen and oxygen atoms in total. The Morgan fingerprint density at radius 1 is 0.857 bits per heavy atom. The second kappa shape index (κ2) is 6.93. The van der Waals surface area contributed by atoms with Crippen LogP contribution in [-0.4, -0.2) is 0 Å². The minimum atomic E-state index is -0.919. The quantitative estimate of drug-likeness (QED) is 0.348. The molecular weight excluding hydrogens is 456 g/mol. The molecule has 0 fully saturated rings. The molecule has 1 rings (SSSR count). The van der Waals surface area contributed by atoms with Gasteiger partial charge in [-0.1, -0.05) is 34.6 Å². The third kappa shape index (κ3) is 4.55. The predicted octanol–water partition coefficient (Wildman–Crippen LogP) is 5.48. The average molecular weight is 471 g/mol. The van der Waals surface area contributed by atoms with Gasteiger partial charge in [-0.15, -0.1) is 0 Å². The molecule has 0 aliphatic carbocycles. The van der Waals surface area contributed by atoms with Crippen LogP contribution < -0.4 is 0 Å². The third-order valence-electron chi connectivity index (χ3n) is 2.81. The van der Waals surface area contributed by atoms with Crippen LogP contribution in [0.5, 0.6) is 0 Å². The molecule has 0 aliphatic heterocycles. The molecule has 4 heteroatoms. The van der Waals surface area contributed by atoms with Crippen molar-refractivity contribution in [3.63, 3.8) is 0 Å². The van der Waals surface area contributed by atoms with E-state index in [4.69, 9.17) is 0 Å². The topological polar surface area (TPSA) is 0 Å². The van der Waals surface area contributed by atoms with E-state index in [0.717, 1.165) is 0 Å². The SMILES string of the molecule is Cc1c(C)c(C)[c-](C)c1C.[Br][Mo]([Br])[Br]. The van der Waals surface area contributed by atoms with E-state index in [1.54, 1.807) is 0 Å². The van der Waals surface area contributed by atoms with Crippen LogP contribution in [0.1, 0.15) is 27.8 Å². The maximum absolute atomic E-state index is 3.27. The molecule has 1 aromatic carbocycles. The van der Waals surface area contributed by atoms with Gasteiger partial charge in [-0.05, 0) is 0 Å². The van der Waals surface area contributed by atoms with E-state index >= 15 is 0 Å². The van der Waals surface area contributed by atoms with Gasteiger partial charge < -0.3 is 0 Å². The van der Waals surface area contributed by atoms with Crippen LogP contribution in [0.3, 0.4) is 0 Å². The Morgan fingerprint density at radius 2 is 1.07 bits per heavy atom. The molecule has 0 heterocycles. The Balaban J connectivity index is 0.000000364. The van der Waals surface area contributed by atoms with Gasteiger partial charge in [-0.3, -0.25) is 0 Å². The first-order valence-electron chi connectivity index (χ1n) is 4.21. The van der Waals surface area contributed by atoms with Crippen molar-refractivity contribution in [3.05, 3.63) is 27.8 Å². The van der Waals surface area contributed by atoms with E-state index in [0.29, 0.717) is 0 Å². The first-order chi connectivity index (χ1) is 6.29. The zero-order chi connectivity index (χ0) is 11.5. The fourth-order valence-electron chi connectivity index (χ4n) is 1.41. The van der Waals surface area contributed by atoms with Crippen LogP contribution in [0, 0.1) is 34.6 Å². The van der Waals surface area contributed by atoms with E-state index in [1.165, 1.54) is 27.8 Å². The van der Waals surface area contributed by atoms with Gasteiger partial charge in [0.15, 0.2) is 0 Å². The molecule has 0 bridgehead atoms. The van der Waals surface area contributed by atoms with E-state index in [9.17, 15) is 0 Å². The molecule has 0 aliphatic rings. The van der Waals surface area contributed by atoms with E-state index < -0.39 is 11.1 Å². The van der Waals surface area contributed by atoms with Crippen molar-refractivity contribution in [1.82, 2.24) is 0 Å². The van der Waals surface area contributed by atoms with Crippen LogP contribution in [-0.2, 0) is 11.1 Å². The summed E-state index contributed by atoms with van der Waals surface area (Å²) in [5.41, 5.74) is 7.34. The van der Waals surface area contributed by atoms with Gasteiger partial charge in [-0.2, -0.15) is 27.8 Å². The molecule has 14 heavy (non-hydrogen) atoms. The molecule has 83 valence electrons. The fourth-order valence-corrected chi connectivity index (χ4v) is 1.41. The minimum absolute atomic E-state index is 0.919. The van der Waals surface area contributed by atoms with E-state index in [1.807, 2.05) is 0 Å². The van der Waals surface area contributed by atoms with Gasteiger partial charge in [0.05, 0.1) is 0 Å². The first kappa shape index (κ1) is 15.5. The van der Waals surface area contributed by atoms with Crippen LogP contribution in [0.15, 0.2) is 0 Å². The van der Waals surface area contributed by atoms with Crippen molar-refractivity contribution in [2.45, 2.75) is 34.6 Å². The zero-order valence-corrected chi connectivity index (χ0v) is 15.8. The number of rotatable bonds is 0. The van der Waals surface area contributed by atoms with Gasteiger partial charge in [0.1, 0.15) is 0 Å². The van der Waals surface area contributed by atoms with Crippen LogP contribution >= 0.6 is 39.9 Å². The summed E-state index contributed by atoms with van der Waals surface area (Å²) in [6, 6.07) is 0. The Labute approximate surface area is 112 Å². The van der Waals surface area contributed by atoms with Gasteiger partial charge >= 0.3 is 51.0 Å². The van der Waals surface area contributed by atoms with Crippen molar-refractivity contribution in [2.24, 2.45) is 0 Å². The average Bonchev–Trinajstić information content (AvgIpc) is 2.23. The number of hydrogen-bond acceptors (Lipinski definition) is 0. The zero-order valence-electron chi connectivity index (χ0n) is 9.04. The summed E-state index contributed by atoms with van der Waals surface area (Å²) in [6.45, 7) is 11.0. The molecule has 0 spiro atoms. The summed E-state index contributed by atoms with van der Waals surface area (Å²) < 4.78 is 0. The standard InChI is InChI=1S/C10H15.3BrH.Mo/c1-6-7(2)9(4)10(5)8(6)3;;;;/h1-5H3;3*1H;/q-1;;;;+3/p-3.